The fourth-order valence-corrected chi connectivity index (χ4v) is 1.43. The van der Waals surface area contributed by atoms with E-state index in [2.05, 4.69) is 20.6 Å². The molecule has 4 nitrogen and oxygen atoms in total. The van der Waals surface area contributed by atoms with Gasteiger partial charge in [-0.1, -0.05) is 18.2 Å². The maximum atomic E-state index is 4.39. The van der Waals surface area contributed by atoms with Crippen LogP contribution in [0.25, 0.3) is 0 Å². The number of aliphatic imine (C=N–C) groups is 2. The van der Waals surface area contributed by atoms with Gasteiger partial charge in [-0.15, -0.1) is 0 Å². The van der Waals surface area contributed by atoms with Crippen LogP contribution in [-0.4, -0.2) is 31.8 Å². The molecular formula is C11H14N4. The first-order chi connectivity index (χ1) is 7.40. The van der Waals surface area contributed by atoms with Gasteiger partial charge in [-0.3, -0.25) is 9.98 Å². The van der Waals surface area contributed by atoms with E-state index in [9.17, 15) is 0 Å². The molecule has 0 spiro atoms. The Morgan fingerprint density at radius 2 is 1.67 bits per heavy atom. The Kier molecular flexibility index (Phi) is 2.97. The van der Waals surface area contributed by atoms with Crippen molar-refractivity contribution in [1.82, 2.24) is 5.32 Å². The largest absolute Gasteiger partial charge is 0.370 e. The smallest absolute Gasteiger partial charge is 0.168 e. The predicted molar refractivity (Wildman–Crippen MR) is 63.7 cm³/mol. The van der Waals surface area contributed by atoms with Crippen molar-refractivity contribution in [2.45, 2.75) is 0 Å². The van der Waals surface area contributed by atoms with Crippen molar-refractivity contribution in [3.05, 3.63) is 30.3 Å². The summed E-state index contributed by atoms with van der Waals surface area (Å²) in [6.07, 6.45) is 0. The zero-order valence-electron chi connectivity index (χ0n) is 8.70. The van der Waals surface area contributed by atoms with Gasteiger partial charge in [0.2, 0.25) is 0 Å². The Bertz CT molecular complexity index is 381. The highest BCUT2D eigenvalue weighted by Gasteiger charge is 2.10. The van der Waals surface area contributed by atoms with Gasteiger partial charge in [-0.05, 0) is 12.1 Å². The maximum absolute atomic E-state index is 4.39. The monoisotopic (exact) mass is 202 g/mol. The number of likely N-dealkylation sites (N-methyl/N-ethyl adjacent to an activating group) is 1. The molecule has 0 bridgehead atoms. The maximum Gasteiger partial charge on any atom is 0.168 e. The molecule has 0 atom stereocenters. The number of amidine groups is 2. The summed E-state index contributed by atoms with van der Waals surface area (Å²) in [6.45, 7) is 1.51. The van der Waals surface area contributed by atoms with E-state index in [1.807, 2.05) is 37.4 Å². The molecule has 0 fully saturated rings. The standard InChI is InChI=1S/C11H14N4/c1-12-10-11(14-8-7-13-10)15-9-5-3-2-4-6-9/h2-6H,7-8H2,1H3,(H,12,13)(H,14,15). The van der Waals surface area contributed by atoms with Crippen LogP contribution in [0, 0.1) is 0 Å². The van der Waals surface area contributed by atoms with Gasteiger partial charge in [0.15, 0.2) is 11.7 Å². The Morgan fingerprint density at radius 1 is 1.00 bits per heavy atom. The van der Waals surface area contributed by atoms with Crippen molar-refractivity contribution in [3.8, 4) is 0 Å². The quantitative estimate of drug-likeness (QED) is 0.717. The van der Waals surface area contributed by atoms with E-state index in [4.69, 9.17) is 0 Å². The van der Waals surface area contributed by atoms with E-state index in [1.165, 1.54) is 0 Å². The Hall–Kier alpha value is -1.84. The van der Waals surface area contributed by atoms with E-state index in [-0.39, 0.29) is 0 Å². The Balaban J connectivity index is 2.12. The molecule has 0 aliphatic carbocycles. The first-order valence-corrected chi connectivity index (χ1v) is 4.99. The second-order valence-corrected chi connectivity index (χ2v) is 3.20. The van der Waals surface area contributed by atoms with Crippen molar-refractivity contribution in [2.24, 2.45) is 9.98 Å². The lowest BCUT2D eigenvalue weighted by atomic mass is 10.3. The number of para-hydroxylation sites is 1. The molecule has 78 valence electrons. The number of anilines is 1. The molecule has 1 aliphatic heterocycles. The zero-order chi connectivity index (χ0) is 10.5. The second kappa shape index (κ2) is 4.59. The number of benzene rings is 1. The highest BCUT2D eigenvalue weighted by Crippen LogP contribution is 2.06. The van der Waals surface area contributed by atoms with E-state index in [0.717, 1.165) is 30.4 Å². The third-order valence-electron chi connectivity index (χ3n) is 2.14. The minimum absolute atomic E-state index is 0.750. The average Bonchev–Trinajstić information content (AvgIpc) is 2.31. The molecule has 1 aromatic rings. The molecule has 2 N–H and O–H groups in total. The molecule has 1 aromatic carbocycles. The first kappa shape index (κ1) is 9.71. The number of hydrogen-bond donors (Lipinski definition) is 2. The number of hydrogen-bond acceptors (Lipinski definition) is 4. The summed E-state index contributed by atoms with van der Waals surface area (Å²) >= 11 is 0. The summed E-state index contributed by atoms with van der Waals surface area (Å²) in [4.78, 5) is 8.73. The molecule has 4 heteroatoms. The summed E-state index contributed by atoms with van der Waals surface area (Å²) in [5.74, 6) is 1.64. The van der Waals surface area contributed by atoms with Crippen LogP contribution in [0.2, 0.25) is 0 Å². The molecule has 15 heavy (non-hydrogen) atoms. The van der Waals surface area contributed by atoms with E-state index >= 15 is 0 Å². The molecule has 0 amide bonds. The van der Waals surface area contributed by atoms with Crippen molar-refractivity contribution in [1.29, 1.82) is 0 Å². The summed E-state index contributed by atoms with van der Waals surface area (Å²) in [5.41, 5.74) is 1.03. The van der Waals surface area contributed by atoms with Crippen LogP contribution < -0.4 is 10.6 Å². The summed E-state index contributed by atoms with van der Waals surface area (Å²) in [6, 6.07) is 9.97. The van der Waals surface area contributed by atoms with Crippen LogP contribution in [0.1, 0.15) is 0 Å². The van der Waals surface area contributed by atoms with Gasteiger partial charge in [0, 0.05) is 12.7 Å². The first-order valence-electron chi connectivity index (χ1n) is 4.99. The van der Waals surface area contributed by atoms with Gasteiger partial charge >= 0.3 is 0 Å². The molecule has 2 rings (SSSR count). The van der Waals surface area contributed by atoms with Crippen molar-refractivity contribution in [3.63, 3.8) is 0 Å². The highest BCUT2D eigenvalue weighted by molar-refractivity contribution is 6.44. The SMILES string of the molecule is CNC1=NCCN=C1Nc1ccccc1. The van der Waals surface area contributed by atoms with Crippen LogP contribution >= 0.6 is 0 Å². The van der Waals surface area contributed by atoms with E-state index in [1.54, 1.807) is 0 Å². The molecular weight excluding hydrogens is 188 g/mol. The normalized spacial score (nSPS) is 15.3. The van der Waals surface area contributed by atoms with Crippen LogP contribution in [0.15, 0.2) is 40.3 Å². The Morgan fingerprint density at radius 3 is 2.33 bits per heavy atom. The van der Waals surface area contributed by atoms with Gasteiger partial charge < -0.3 is 10.6 Å². The summed E-state index contributed by atoms with van der Waals surface area (Å²) < 4.78 is 0. The molecule has 0 unspecified atom stereocenters. The van der Waals surface area contributed by atoms with Crippen LogP contribution in [0.3, 0.4) is 0 Å². The topological polar surface area (TPSA) is 48.8 Å². The third kappa shape index (κ3) is 2.34. The van der Waals surface area contributed by atoms with Crippen molar-refractivity contribution >= 4 is 17.4 Å². The third-order valence-corrected chi connectivity index (χ3v) is 2.14. The van der Waals surface area contributed by atoms with Gasteiger partial charge in [0.05, 0.1) is 13.1 Å². The van der Waals surface area contributed by atoms with Gasteiger partial charge in [-0.25, -0.2) is 0 Å². The fourth-order valence-electron chi connectivity index (χ4n) is 1.43. The predicted octanol–water partition coefficient (Wildman–Crippen LogP) is 1.13. The molecule has 1 heterocycles. The molecule has 0 saturated heterocycles. The van der Waals surface area contributed by atoms with Crippen LogP contribution in [0.5, 0.6) is 0 Å². The molecule has 0 radical (unpaired) electrons. The molecule has 1 aliphatic rings. The Labute approximate surface area is 89.1 Å². The molecule has 0 aromatic heterocycles. The number of nitrogens with one attached hydrogen (secondary N) is 2. The lowest BCUT2D eigenvalue weighted by molar-refractivity contribution is 0.943. The van der Waals surface area contributed by atoms with Crippen LogP contribution in [-0.2, 0) is 0 Å². The second-order valence-electron chi connectivity index (χ2n) is 3.20. The van der Waals surface area contributed by atoms with E-state index in [0.29, 0.717) is 0 Å². The van der Waals surface area contributed by atoms with E-state index < -0.39 is 0 Å². The van der Waals surface area contributed by atoms with Crippen molar-refractivity contribution in [2.75, 3.05) is 25.5 Å². The summed E-state index contributed by atoms with van der Waals surface area (Å²) in [7, 11) is 1.85. The van der Waals surface area contributed by atoms with Gasteiger partial charge in [0.1, 0.15) is 0 Å². The van der Waals surface area contributed by atoms with Gasteiger partial charge in [0.25, 0.3) is 0 Å². The average molecular weight is 202 g/mol. The molecule has 0 saturated carbocycles. The number of nitrogens with zero attached hydrogens (tertiary/aromatic N) is 2. The lowest BCUT2D eigenvalue weighted by Gasteiger charge is -2.15. The number of rotatable bonds is 1. The minimum Gasteiger partial charge on any atom is -0.370 e. The van der Waals surface area contributed by atoms with Crippen LogP contribution in [0.4, 0.5) is 5.69 Å². The lowest BCUT2D eigenvalue weighted by Crippen LogP contribution is -2.36. The zero-order valence-corrected chi connectivity index (χ0v) is 8.70. The minimum atomic E-state index is 0.750. The van der Waals surface area contributed by atoms with Gasteiger partial charge in [-0.2, -0.15) is 0 Å². The highest BCUT2D eigenvalue weighted by atomic mass is 15.1. The summed E-state index contributed by atoms with van der Waals surface area (Å²) in [5, 5.41) is 6.27. The van der Waals surface area contributed by atoms with Crippen molar-refractivity contribution < 1.29 is 0 Å². The fraction of sp³-hybridized carbons (Fsp3) is 0.273.